The van der Waals surface area contributed by atoms with Gasteiger partial charge in [-0.05, 0) is 98.7 Å². The van der Waals surface area contributed by atoms with Crippen molar-refractivity contribution in [3.63, 3.8) is 0 Å². The van der Waals surface area contributed by atoms with E-state index in [1.165, 1.54) is 39.0 Å². The summed E-state index contributed by atoms with van der Waals surface area (Å²) >= 11 is 0. The molecule has 11 atom stereocenters. The molecule has 1 unspecified atom stereocenters. The molecule has 35 heavy (non-hydrogen) atoms. The van der Waals surface area contributed by atoms with Gasteiger partial charge in [-0.2, -0.15) is 0 Å². The zero-order chi connectivity index (χ0) is 25.6. The summed E-state index contributed by atoms with van der Waals surface area (Å²) in [6.07, 6.45) is 9.00. The number of aliphatic hydroxyl groups excluding tert-OH is 2. The van der Waals surface area contributed by atoms with Crippen molar-refractivity contribution in [1.29, 1.82) is 0 Å². The molecule has 0 aromatic carbocycles. The van der Waals surface area contributed by atoms with Gasteiger partial charge < -0.3 is 14.9 Å². The van der Waals surface area contributed by atoms with E-state index in [1.54, 1.807) is 6.92 Å². The Morgan fingerprint density at radius 1 is 1.09 bits per heavy atom. The third-order valence-electron chi connectivity index (χ3n) is 12.0. The van der Waals surface area contributed by atoms with Crippen molar-refractivity contribution in [2.24, 2.45) is 45.3 Å². The maximum atomic E-state index is 12.9. The summed E-state index contributed by atoms with van der Waals surface area (Å²) in [6.45, 7) is 12.7. The van der Waals surface area contributed by atoms with E-state index in [0.717, 1.165) is 18.8 Å². The smallest absolute Gasteiger partial charge is 0.308 e. The number of ketones is 1. The van der Waals surface area contributed by atoms with Crippen LogP contribution in [0.1, 0.15) is 99.3 Å². The van der Waals surface area contributed by atoms with Gasteiger partial charge in [0.25, 0.3) is 0 Å². The van der Waals surface area contributed by atoms with E-state index in [4.69, 9.17) is 4.74 Å². The number of Topliss-reactive ketones (excluding diaryl/α,β-unsaturated/α-hetero) is 1. The van der Waals surface area contributed by atoms with Gasteiger partial charge in [-0.1, -0.05) is 40.2 Å². The zero-order valence-electron chi connectivity index (χ0n) is 22.6. The highest BCUT2D eigenvalue weighted by atomic mass is 16.5. The Morgan fingerprint density at radius 2 is 1.74 bits per heavy atom. The molecule has 0 aromatic rings. The van der Waals surface area contributed by atoms with Crippen LogP contribution in [-0.2, 0) is 14.3 Å². The van der Waals surface area contributed by atoms with E-state index < -0.39 is 17.6 Å². The molecular formula is C30H46O5. The van der Waals surface area contributed by atoms with Crippen LogP contribution in [0.5, 0.6) is 0 Å². The number of carbonyl (C=O) groups excluding carboxylic acids is 2. The average molecular weight is 487 g/mol. The molecule has 1 spiro atoms. The van der Waals surface area contributed by atoms with Crippen molar-refractivity contribution in [3.05, 3.63) is 11.6 Å². The Kier molecular flexibility index (Phi) is 5.93. The molecule has 0 aromatic heterocycles. The highest BCUT2D eigenvalue weighted by molar-refractivity contribution is 5.94. The number of esters is 1. The monoisotopic (exact) mass is 486 g/mol. The second-order valence-electron chi connectivity index (χ2n) is 13.9. The minimum atomic E-state index is -0.762. The summed E-state index contributed by atoms with van der Waals surface area (Å²) in [4.78, 5) is 25.3. The Balaban J connectivity index is 1.58. The van der Waals surface area contributed by atoms with Crippen molar-refractivity contribution in [2.75, 3.05) is 0 Å². The van der Waals surface area contributed by atoms with Gasteiger partial charge in [-0.15, -0.1) is 0 Å². The van der Waals surface area contributed by atoms with Crippen LogP contribution in [0.15, 0.2) is 11.6 Å². The lowest BCUT2D eigenvalue weighted by atomic mass is 9.36. The van der Waals surface area contributed by atoms with E-state index in [2.05, 4.69) is 27.7 Å². The van der Waals surface area contributed by atoms with Gasteiger partial charge in [0.2, 0.25) is 0 Å². The summed E-state index contributed by atoms with van der Waals surface area (Å²) in [5.74, 6) is 1.58. The van der Waals surface area contributed by atoms with Crippen LogP contribution in [0.3, 0.4) is 0 Å². The fourth-order valence-corrected chi connectivity index (χ4v) is 10.4. The topological polar surface area (TPSA) is 83.8 Å². The molecular weight excluding hydrogens is 440 g/mol. The number of rotatable bonds is 4. The van der Waals surface area contributed by atoms with Gasteiger partial charge in [0.1, 0.15) is 6.10 Å². The quantitative estimate of drug-likeness (QED) is 0.532. The van der Waals surface area contributed by atoms with Gasteiger partial charge >= 0.3 is 5.97 Å². The first-order chi connectivity index (χ1) is 16.3. The molecule has 5 rings (SSSR count). The van der Waals surface area contributed by atoms with Crippen molar-refractivity contribution in [3.8, 4) is 0 Å². The molecule has 5 aliphatic rings. The number of fused-ring (bicyclic) bond motifs is 6. The first kappa shape index (κ1) is 25.4. The second kappa shape index (κ2) is 8.15. The van der Waals surface area contributed by atoms with E-state index in [1.807, 2.05) is 6.08 Å². The molecule has 5 heteroatoms. The predicted octanol–water partition coefficient (Wildman–Crippen LogP) is 5.22. The Bertz CT molecular complexity index is 939. The molecule has 0 saturated heterocycles. The number of hydrogen-bond donors (Lipinski definition) is 2. The fourth-order valence-electron chi connectivity index (χ4n) is 10.4. The standard InChI is InChI=1S/C30H46O5/c1-17-15-30(17)10-7-9-27(4)22(30)8-11-28(5)23-13-21(33)20(19(3)32)16-29(23,6)25(14-24(27)28)35-26(34)12-18(2)31/h16-18,21-25,31,33H,7-15H2,1-6H3/t17-,18?,21+,22+,23-,24+,25-,27-,28-,29+,30-/m0/s1. The number of ether oxygens (including phenoxy) is 1. The Morgan fingerprint density at radius 3 is 2.34 bits per heavy atom. The molecule has 5 nitrogen and oxygen atoms in total. The van der Waals surface area contributed by atoms with Gasteiger partial charge in [-0.3, -0.25) is 9.59 Å². The number of hydrogen-bond acceptors (Lipinski definition) is 5. The molecule has 2 N–H and O–H groups in total. The van der Waals surface area contributed by atoms with Crippen LogP contribution in [0.25, 0.3) is 0 Å². The van der Waals surface area contributed by atoms with Crippen LogP contribution < -0.4 is 0 Å². The summed E-state index contributed by atoms with van der Waals surface area (Å²) < 4.78 is 6.21. The van der Waals surface area contributed by atoms with Gasteiger partial charge in [0.05, 0.1) is 18.6 Å². The van der Waals surface area contributed by atoms with Crippen molar-refractivity contribution >= 4 is 11.8 Å². The minimum Gasteiger partial charge on any atom is -0.461 e. The van der Waals surface area contributed by atoms with Crippen molar-refractivity contribution in [1.82, 2.24) is 0 Å². The summed E-state index contributed by atoms with van der Waals surface area (Å²) in [5, 5.41) is 20.9. The minimum absolute atomic E-state index is 0.0175. The molecule has 0 bridgehead atoms. The molecule has 4 saturated carbocycles. The maximum absolute atomic E-state index is 12.9. The second-order valence-corrected chi connectivity index (χ2v) is 13.9. The van der Waals surface area contributed by atoms with Crippen LogP contribution in [0.2, 0.25) is 0 Å². The molecule has 0 heterocycles. The average Bonchev–Trinajstić information content (AvgIpc) is 3.38. The predicted molar refractivity (Wildman–Crippen MR) is 134 cm³/mol. The lowest BCUT2D eigenvalue weighted by Crippen LogP contribution is -2.65. The van der Waals surface area contributed by atoms with Gasteiger partial charge in [-0.25, -0.2) is 0 Å². The fraction of sp³-hybridized carbons (Fsp3) is 0.867. The van der Waals surface area contributed by atoms with Crippen molar-refractivity contribution in [2.45, 2.75) is 118 Å². The zero-order valence-corrected chi connectivity index (χ0v) is 22.6. The summed E-state index contributed by atoms with van der Waals surface area (Å²) in [5.41, 5.74) is 0.667. The van der Waals surface area contributed by atoms with Crippen LogP contribution in [0.4, 0.5) is 0 Å². The molecule has 196 valence electrons. The summed E-state index contributed by atoms with van der Waals surface area (Å²) in [6, 6.07) is 0. The normalized spacial score (nSPS) is 51.4. The highest BCUT2D eigenvalue weighted by Gasteiger charge is 2.71. The molecule has 0 aliphatic heterocycles. The first-order valence-electron chi connectivity index (χ1n) is 14.1. The number of aliphatic hydroxyl groups is 2. The Labute approximate surface area is 211 Å². The lowest BCUT2D eigenvalue weighted by molar-refractivity contribution is -0.223. The van der Waals surface area contributed by atoms with Gasteiger partial charge in [0.15, 0.2) is 5.78 Å². The van der Waals surface area contributed by atoms with E-state index in [9.17, 15) is 19.8 Å². The van der Waals surface area contributed by atoms with E-state index in [-0.39, 0.29) is 41.0 Å². The van der Waals surface area contributed by atoms with Crippen LogP contribution >= 0.6 is 0 Å². The van der Waals surface area contributed by atoms with Crippen LogP contribution in [0, 0.1) is 45.3 Å². The third kappa shape index (κ3) is 3.61. The summed E-state index contributed by atoms with van der Waals surface area (Å²) in [7, 11) is 0. The van der Waals surface area contributed by atoms with E-state index >= 15 is 0 Å². The van der Waals surface area contributed by atoms with E-state index in [0.29, 0.717) is 29.2 Å². The Hall–Kier alpha value is -1.20. The van der Waals surface area contributed by atoms with Crippen LogP contribution in [-0.4, -0.2) is 40.3 Å². The third-order valence-corrected chi connectivity index (χ3v) is 12.0. The lowest BCUT2D eigenvalue weighted by Gasteiger charge is -2.69. The number of carbonyl (C=O) groups is 2. The molecule has 4 fully saturated rings. The first-order valence-corrected chi connectivity index (χ1v) is 14.1. The SMILES string of the molecule is CC(=O)C1=C[C@@]2(C)[C@@H](OC(=O)CC(C)O)C[C@H]3[C@@](C)(CC[C@@H]4[C@]3(C)CCC[C@@]43C[C@@H]3C)[C@@H]2C[C@H]1O. The molecule has 0 radical (unpaired) electrons. The highest BCUT2D eigenvalue weighted by Crippen LogP contribution is 2.77. The van der Waals surface area contributed by atoms with Gasteiger partial charge in [0, 0.05) is 11.0 Å². The molecule has 0 amide bonds. The largest absolute Gasteiger partial charge is 0.461 e. The maximum Gasteiger partial charge on any atom is 0.308 e. The molecule has 5 aliphatic carbocycles. The van der Waals surface area contributed by atoms with Crippen molar-refractivity contribution < 1.29 is 24.5 Å².